The van der Waals surface area contributed by atoms with E-state index in [1.54, 1.807) is 19.1 Å². The first-order valence-electron chi connectivity index (χ1n) is 7.50. The SMILES string of the molecule is Cc1cc(CNC(=O)NC2CCCCC2CO)ccc1F. The predicted octanol–water partition coefficient (Wildman–Crippen LogP) is 2.48. The molecule has 2 unspecified atom stereocenters. The Hall–Kier alpha value is -1.62. The molecular weight excluding hydrogens is 271 g/mol. The summed E-state index contributed by atoms with van der Waals surface area (Å²) in [5.74, 6) is -0.0891. The van der Waals surface area contributed by atoms with Crippen molar-refractivity contribution >= 4 is 6.03 Å². The van der Waals surface area contributed by atoms with Gasteiger partial charge in [-0.15, -0.1) is 0 Å². The Kier molecular flexibility index (Phi) is 5.56. The van der Waals surface area contributed by atoms with Gasteiger partial charge < -0.3 is 15.7 Å². The molecule has 0 bridgehead atoms. The first-order chi connectivity index (χ1) is 10.1. The normalized spacial score (nSPS) is 21.9. The first-order valence-corrected chi connectivity index (χ1v) is 7.50. The van der Waals surface area contributed by atoms with Crippen molar-refractivity contribution in [3.8, 4) is 0 Å². The molecule has 1 aromatic rings. The summed E-state index contributed by atoms with van der Waals surface area (Å²) in [7, 11) is 0. The number of urea groups is 1. The summed E-state index contributed by atoms with van der Waals surface area (Å²) >= 11 is 0. The van der Waals surface area contributed by atoms with Crippen LogP contribution in [0.25, 0.3) is 0 Å². The number of rotatable bonds is 4. The maximum atomic E-state index is 13.2. The Balaban J connectivity index is 1.82. The van der Waals surface area contributed by atoms with Crippen molar-refractivity contribution in [3.63, 3.8) is 0 Å². The van der Waals surface area contributed by atoms with E-state index in [2.05, 4.69) is 10.6 Å². The fourth-order valence-corrected chi connectivity index (χ4v) is 2.83. The van der Waals surface area contributed by atoms with Crippen LogP contribution in [0, 0.1) is 18.7 Å². The van der Waals surface area contributed by atoms with E-state index in [1.807, 2.05) is 0 Å². The van der Waals surface area contributed by atoms with E-state index >= 15 is 0 Å². The predicted molar refractivity (Wildman–Crippen MR) is 79.3 cm³/mol. The molecule has 1 aliphatic carbocycles. The van der Waals surface area contributed by atoms with Crippen LogP contribution >= 0.6 is 0 Å². The number of aryl methyl sites for hydroxylation is 1. The Bertz CT molecular complexity index is 493. The van der Waals surface area contributed by atoms with Gasteiger partial charge in [0.15, 0.2) is 0 Å². The Labute approximate surface area is 124 Å². The third-order valence-electron chi connectivity index (χ3n) is 4.14. The van der Waals surface area contributed by atoms with E-state index in [0.29, 0.717) is 12.1 Å². The summed E-state index contributed by atoms with van der Waals surface area (Å²) in [5, 5.41) is 15.0. The van der Waals surface area contributed by atoms with Crippen molar-refractivity contribution in [2.45, 2.75) is 45.2 Å². The van der Waals surface area contributed by atoms with Gasteiger partial charge in [0.05, 0.1) is 0 Å². The summed E-state index contributed by atoms with van der Waals surface area (Å²) in [4.78, 5) is 11.9. The van der Waals surface area contributed by atoms with Gasteiger partial charge >= 0.3 is 6.03 Å². The number of halogens is 1. The van der Waals surface area contributed by atoms with Crippen molar-refractivity contribution in [2.75, 3.05) is 6.61 Å². The molecule has 2 rings (SSSR count). The van der Waals surface area contributed by atoms with Gasteiger partial charge in [-0.25, -0.2) is 9.18 Å². The van der Waals surface area contributed by atoms with Crippen molar-refractivity contribution in [2.24, 2.45) is 5.92 Å². The van der Waals surface area contributed by atoms with Crippen LogP contribution in [0.3, 0.4) is 0 Å². The summed E-state index contributed by atoms with van der Waals surface area (Å²) in [6.45, 7) is 2.18. The third kappa shape index (κ3) is 4.43. The fraction of sp³-hybridized carbons (Fsp3) is 0.562. The highest BCUT2D eigenvalue weighted by Gasteiger charge is 2.25. The molecule has 0 heterocycles. The quantitative estimate of drug-likeness (QED) is 0.799. The van der Waals surface area contributed by atoms with Gasteiger partial charge in [-0.3, -0.25) is 0 Å². The minimum atomic E-state index is -0.240. The summed E-state index contributed by atoms with van der Waals surface area (Å²) in [6, 6.07) is 4.61. The molecule has 0 spiro atoms. The third-order valence-corrected chi connectivity index (χ3v) is 4.14. The summed E-state index contributed by atoms with van der Waals surface area (Å²) in [5.41, 5.74) is 1.44. The van der Waals surface area contributed by atoms with Crippen molar-refractivity contribution in [3.05, 3.63) is 35.1 Å². The number of hydrogen-bond donors (Lipinski definition) is 3. The van der Waals surface area contributed by atoms with E-state index in [4.69, 9.17) is 0 Å². The van der Waals surface area contributed by atoms with E-state index in [-0.39, 0.29) is 30.4 Å². The van der Waals surface area contributed by atoms with E-state index < -0.39 is 0 Å². The lowest BCUT2D eigenvalue weighted by Crippen LogP contribution is -2.47. The Morgan fingerprint density at radius 2 is 2.14 bits per heavy atom. The van der Waals surface area contributed by atoms with E-state index in [9.17, 15) is 14.3 Å². The average molecular weight is 294 g/mol. The lowest BCUT2D eigenvalue weighted by Gasteiger charge is -2.30. The van der Waals surface area contributed by atoms with Crippen LogP contribution in [-0.4, -0.2) is 23.8 Å². The molecule has 116 valence electrons. The fourth-order valence-electron chi connectivity index (χ4n) is 2.83. The molecule has 1 aromatic carbocycles. The largest absolute Gasteiger partial charge is 0.396 e. The number of aliphatic hydroxyl groups excluding tert-OH is 1. The number of carbonyl (C=O) groups excluding carboxylic acids is 1. The number of amides is 2. The van der Waals surface area contributed by atoms with Crippen LogP contribution in [-0.2, 0) is 6.54 Å². The molecule has 0 saturated heterocycles. The number of carbonyl (C=O) groups is 1. The second-order valence-electron chi connectivity index (χ2n) is 5.74. The van der Waals surface area contributed by atoms with Crippen molar-refractivity contribution in [1.82, 2.24) is 10.6 Å². The van der Waals surface area contributed by atoms with E-state index in [1.165, 1.54) is 6.07 Å². The van der Waals surface area contributed by atoms with E-state index in [0.717, 1.165) is 31.2 Å². The minimum Gasteiger partial charge on any atom is -0.396 e. The molecule has 3 N–H and O–H groups in total. The van der Waals surface area contributed by atoms with Gasteiger partial charge in [0.25, 0.3) is 0 Å². The monoisotopic (exact) mass is 294 g/mol. The van der Waals surface area contributed by atoms with Crippen LogP contribution in [0.1, 0.15) is 36.8 Å². The zero-order valence-electron chi connectivity index (χ0n) is 12.4. The zero-order valence-corrected chi connectivity index (χ0v) is 12.4. The van der Waals surface area contributed by atoms with Crippen molar-refractivity contribution < 1.29 is 14.3 Å². The summed E-state index contributed by atoms with van der Waals surface area (Å²) in [6.07, 6.45) is 4.06. The second kappa shape index (κ2) is 7.41. The highest BCUT2D eigenvalue weighted by Crippen LogP contribution is 2.23. The Morgan fingerprint density at radius 1 is 1.38 bits per heavy atom. The van der Waals surface area contributed by atoms with Gasteiger partial charge in [0, 0.05) is 25.1 Å². The molecule has 0 aromatic heterocycles. The lowest BCUT2D eigenvalue weighted by atomic mass is 9.85. The molecule has 2 amide bonds. The maximum absolute atomic E-state index is 13.2. The molecule has 0 radical (unpaired) electrons. The number of hydrogen-bond acceptors (Lipinski definition) is 2. The van der Waals surface area contributed by atoms with Gasteiger partial charge in [-0.1, -0.05) is 25.0 Å². The molecular formula is C16H23FN2O2. The molecule has 1 aliphatic rings. The highest BCUT2D eigenvalue weighted by molar-refractivity contribution is 5.74. The molecule has 5 heteroatoms. The standard InChI is InChI=1S/C16H23FN2O2/c1-11-8-12(6-7-14(11)17)9-18-16(21)19-15-5-3-2-4-13(15)10-20/h6-8,13,15,20H,2-5,9-10H2,1H3,(H2,18,19,21). The molecule has 4 nitrogen and oxygen atoms in total. The number of benzene rings is 1. The molecule has 1 fully saturated rings. The van der Waals surface area contributed by atoms with Crippen LogP contribution in [0.2, 0.25) is 0 Å². The van der Waals surface area contributed by atoms with Crippen LogP contribution in [0.15, 0.2) is 18.2 Å². The highest BCUT2D eigenvalue weighted by atomic mass is 19.1. The molecule has 1 saturated carbocycles. The van der Waals surface area contributed by atoms with Crippen LogP contribution in [0.5, 0.6) is 0 Å². The second-order valence-corrected chi connectivity index (χ2v) is 5.74. The van der Waals surface area contributed by atoms with Crippen LogP contribution in [0.4, 0.5) is 9.18 Å². The average Bonchev–Trinajstić information content (AvgIpc) is 2.49. The lowest BCUT2D eigenvalue weighted by molar-refractivity contribution is 0.153. The number of nitrogens with one attached hydrogen (secondary N) is 2. The topological polar surface area (TPSA) is 61.4 Å². The smallest absolute Gasteiger partial charge is 0.315 e. The maximum Gasteiger partial charge on any atom is 0.315 e. The number of aliphatic hydroxyl groups is 1. The van der Waals surface area contributed by atoms with Gasteiger partial charge in [0.2, 0.25) is 0 Å². The minimum absolute atomic E-state index is 0.0405. The van der Waals surface area contributed by atoms with Gasteiger partial charge in [-0.05, 0) is 37.0 Å². The summed E-state index contributed by atoms with van der Waals surface area (Å²) < 4.78 is 13.2. The van der Waals surface area contributed by atoms with Crippen LogP contribution < -0.4 is 10.6 Å². The zero-order chi connectivity index (χ0) is 15.2. The molecule has 0 aliphatic heterocycles. The molecule has 2 atom stereocenters. The first kappa shape index (κ1) is 15.8. The Morgan fingerprint density at radius 3 is 2.86 bits per heavy atom. The van der Waals surface area contributed by atoms with Gasteiger partial charge in [0.1, 0.15) is 5.82 Å². The molecule has 21 heavy (non-hydrogen) atoms. The van der Waals surface area contributed by atoms with Gasteiger partial charge in [-0.2, -0.15) is 0 Å². The van der Waals surface area contributed by atoms with Crippen molar-refractivity contribution in [1.29, 1.82) is 0 Å².